The van der Waals surface area contributed by atoms with Crippen LogP contribution in [0.2, 0.25) is 0 Å². The largest absolute Gasteiger partial charge is 0.484 e. The van der Waals surface area contributed by atoms with Crippen molar-refractivity contribution in [3.05, 3.63) is 58.7 Å². The van der Waals surface area contributed by atoms with Crippen LogP contribution < -0.4 is 20.8 Å². The van der Waals surface area contributed by atoms with Gasteiger partial charge < -0.3 is 15.4 Å². The molecular weight excluding hydrogens is 408 g/mol. The van der Waals surface area contributed by atoms with Crippen molar-refractivity contribution in [2.75, 3.05) is 11.9 Å². The average Bonchev–Trinajstić information content (AvgIpc) is 2.75. The second-order valence-corrected chi connectivity index (χ2v) is 7.66. The van der Waals surface area contributed by atoms with Crippen molar-refractivity contribution in [1.82, 2.24) is 10.7 Å². The molecule has 0 aliphatic heterocycles. The number of nitrogens with one attached hydrogen (secondary N) is 3. The SMILES string of the molecule is CC[C@H](C)NC(=O)C(=O)N/N=C\c1ccc(OCC(=O)Nc2c(C)cc(C)cc2C)cc1. The Labute approximate surface area is 188 Å². The highest BCUT2D eigenvalue weighted by Crippen LogP contribution is 2.22. The number of ether oxygens (including phenoxy) is 1. The second-order valence-electron chi connectivity index (χ2n) is 7.66. The highest BCUT2D eigenvalue weighted by molar-refractivity contribution is 6.35. The first-order valence-corrected chi connectivity index (χ1v) is 10.4. The molecule has 32 heavy (non-hydrogen) atoms. The van der Waals surface area contributed by atoms with Crippen LogP contribution in [0.25, 0.3) is 0 Å². The van der Waals surface area contributed by atoms with Crippen LogP contribution in [-0.2, 0) is 14.4 Å². The minimum atomic E-state index is -0.827. The third-order valence-electron chi connectivity index (χ3n) is 4.77. The van der Waals surface area contributed by atoms with Gasteiger partial charge in [0.1, 0.15) is 5.75 Å². The third-order valence-corrected chi connectivity index (χ3v) is 4.77. The summed E-state index contributed by atoms with van der Waals surface area (Å²) in [4.78, 5) is 35.6. The first kappa shape index (κ1) is 24.6. The molecular formula is C24H30N4O4. The van der Waals surface area contributed by atoms with Gasteiger partial charge in [-0.25, -0.2) is 5.43 Å². The molecule has 0 aliphatic carbocycles. The van der Waals surface area contributed by atoms with E-state index in [-0.39, 0.29) is 18.6 Å². The number of benzene rings is 2. The fourth-order valence-electron chi connectivity index (χ4n) is 2.96. The standard InChI is InChI=1S/C24H30N4O4/c1-6-18(5)26-23(30)24(31)28-25-13-19-7-9-20(10-8-19)32-14-21(29)27-22-16(3)11-15(2)12-17(22)4/h7-13,18H,6,14H2,1-5H3,(H,26,30)(H,27,29)(H,28,31)/b25-13-/t18-/m0/s1. The Hall–Kier alpha value is -3.68. The van der Waals surface area contributed by atoms with E-state index in [1.165, 1.54) is 6.21 Å². The number of hydrogen-bond acceptors (Lipinski definition) is 5. The molecule has 0 aromatic heterocycles. The summed E-state index contributed by atoms with van der Waals surface area (Å²) < 4.78 is 5.54. The molecule has 2 aromatic rings. The number of anilines is 1. The van der Waals surface area contributed by atoms with E-state index in [0.717, 1.165) is 28.8 Å². The predicted octanol–water partition coefficient (Wildman–Crippen LogP) is 2.99. The summed E-state index contributed by atoms with van der Waals surface area (Å²) in [6.45, 7) is 9.52. The Morgan fingerprint density at radius 2 is 1.66 bits per heavy atom. The Balaban J connectivity index is 1.83. The van der Waals surface area contributed by atoms with E-state index >= 15 is 0 Å². The monoisotopic (exact) mass is 438 g/mol. The lowest BCUT2D eigenvalue weighted by Crippen LogP contribution is -2.41. The number of amides is 3. The molecule has 3 N–H and O–H groups in total. The molecule has 0 radical (unpaired) electrons. The summed E-state index contributed by atoms with van der Waals surface area (Å²) in [7, 11) is 0. The van der Waals surface area contributed by atoms with Crippen molar-refractivity contribution in [1.29, 1.82) is 0 Å². The van der Waals surface area contributed by atoms with Crippen LogP contribution in [0.5, 0.6) is 5.75 Å². The molecule has 1 atom stereocenters. The van der Waals surface area contributed by atoms with Crippen LogP contribution in [0, 0.1) is 20.8 Å². The van der Waals surface area contributed by atoms with Crippen molar-refractivity contribution in [2.24, 2.45) is 5.10 Å². The topological polar surface area (TPSA) is 109 Å². The van der Waals surface area contributed by atoms with Crippen LogP contribution in [0.3, 0.4) is 0 Å². The van der Waals surface area contributed by atoms with E-state index in [1.54, 1.807) is 24.3 Å². The van der Waals surface area contributed by atoms with Crippen molar-refractivity contribution in [2.45, 2.75) is 47.1 Å². The lowest BCUT2D eigenvalue weighted by Gasteiger charge is -2.13. The van der Waals surface area contributed by atoms with Crippen LogP contribution in [-0.4, -0.2) is 36.6 Å². The number of hydrogen-bond donors (Lipinski definition) is 3. The molecule has 0 fully saturated rings. The van der Waals surface area contributed by atoms with Crippen LogP contribution >= 0.6 is 0 Å². The molecule has 0 unspecified atom stereocenters. The minimum absolute atomic E-state index is 0.0863. The predicted molar refractivity (Wildman–Crippen MR) is 125 cm³/mol. The highest BCUT2D eigenvalue weighted by Gasteiger charge is 2.14. The van der Waals surface area contributed by atoms with E-state index in [0.29, 0.717) is 11.3 Å². The molecule has 0 saturated carbocycles. The van der Waals surface area contributed by atoms with Crippen molar-refractivity contribution < 1.29 is 19.1 Å². The molecule has 0 bridgehead atoms. The quantitative estimate of drug-likeness (QED) is 0.334. The number of hydrazone groups is 1. The molecule has 2 aromatic carbocycles. The van der Waals surface area contributed by atoms with Gasteiger partial charge in [-0.05, 0) is 75.1 Å². The Morgan fingerprint density at radius 3 is 2.25 bits per heavy atom. The first-order valence-electron chi connectivity index (χ1n) is 10.4. The zero-order chi connectivity index (χ0) is 23.7. The normalized spacial score (nSPS) is 11.7. The third kappa shape index (κ3) is 7.54. The van der Waals surface area contributed by atoms with Gasteiger partial charge >= 0.3 is 11.8 Å². The molecule has 0 saturated heterocycles. The highest BCUT2D eigenvalue weighted by atomic mass is 16.5. The molecule has 170 valence electrons. The number of carbonyl (C=O) groups is 3. The zero-order valence-electron chi connectivity index (χ0n) is 19.1. The van der Waals surface area contributed by atoms with Gasteiger partial charge in [0, 0.05) is 11.7 Å². The minimum Gasteiger partial charge on any atom is -0.484 e. The summed E-state index contributed by atoms with van der Waals surface area (Å²) in [5.41, 5.74) is 6.83. The van der Waals surface area contributed by atoms with Crippen molar-refractivity contribution in [3.8, 4) is 5.75 Å². The van der Waals surface area contributed by atoms with E-state index in [1.807, 2.05) is 46.8 Å². The zero-order valence-corrected chi connectivity index (χ0v) is 19.1. The maximum absolute atomic E-state index is 12.3. The molecule has 0 aliphatic rings. The van der Waals surface area contributed by atoms with Gasteiger partial charge in [0.2, 0.25) is 0 Å². The lowest BCUT2D eigenvalue weighted by molar-refractivity contribution is -0.139. The summed E-state index contributed by atoms with van der Waals surface area (Å²) in [6.07, 6.45) is 2.14. The van der Waals surface area contributed by atoms with Crippen molar-refractivity contribution in [3.63, 3.8) is 0 Å². The van der Waals surface area contributed by atoms with Gasteiger partial charge in [-0.15, -0.1) is 0 Å². The fraction of sp³-hybridized carbons (Fsp3) is 0.333. The molecule has 0 spiro atoms. The van der Waals surface area contributed by atoms with Crippen LogP contribution in [0.15, 0.2) is 41.5 Å². The summed E-state index contributed by atoms with van der Waals surface area (Å²) in [5, 5.41) is 9.23. The van der Waals surface area contributed by atoms with Crippen LogP contribution in [0.4, 0.5) is 5.69 Å². The maximum Gasteiger partial charge on any atom is 0.329 e. The van der Waals surface area contributed by atoms with Gasteiger partial charge in [-0.2, -0.15) is 5.10 Å². The maximum atomic E-state index is 12.3. The van der Waals surface area contributed by atoms with Crippen molar-refractivity contribution >= 4 is 29.6 Å². The number of rotatable bonds is 8. The van der Waals surface area contributed by atoms with E-state index < -0.39 is 11.8 Å². The molecule has 8 heteroatoms. The van der Waals surface area contributed by atoms with Gasteiger partial charge in [-0.3, -0.25) is 14.4 Å². The second kappa shape index (κ2) is 11.6. The molecule has 8 nitrogen and oxygen atoms in total. The summed E-state index contributed by atoms with van der Waals surface area (Å²) in [5.74, 6) is -1.28. The first-order chi connectivity index (χ1) is 15.2. The smallest absolute Gasteiger partial charge is 0.329 e. The van der Waals surface area contributed by atoms with Crippen LogP contribution in [0.1, 0.15) is 42.5 Å². The van der Waals surface area contributed by atoms with Gasteiger partial charge in [-0.1, -0.05) is 24.6 Å². The molecule has 3 amide bonds. The van der Waals surface area contributed by atoms with E-state index in [2.05, 4.69) is 21.2 Å². The summed E-state index contributed by atoms with van der Waals surface area (Å²) in [6, 6.07) is 10.8. The Kier molecular flexibility index (Phi) is 8.95. The van der Waals surface area contributed by atoms with Gasteiger partial charge in [0.25, 0.3) is 5.91 Å². The van der Waals surface area contributed by atoms with Gasteiger partial charge in [0.15, 0.2) is 6.61 Å². The van der Waals surface area contributed by atoms with E-state index in [9.17, 15) is 14.4 Å². The fourth-order valence-corrected chi connectivity index (χ4v) is 2.96. The molecule has 2 rings (SSSR count). The number of nitrogens with zero attached hydrogens (tertiary/aromatic N) is 1. The Morgan fingerprint density at radius 1 is 1.03 bits per heavy atom. The lowest BCUT2D eigenvalue weighted by atomic mass is 10.1. The van der Waals surface area contributed by atoms with Gasteiger partial charge in [0.05, 0.1) is 6.21 Å². The Bertz CT molecular complexity index is 977. The average molecular weight is 439 g/mol. The number of carbonyl (C=O) groups excluding carboxylic acids is 3. The van der Waals surface area contributed by atoms with E-state index in [4.69, 9.17) is 4.74 Å². The summed E-state index contributed by atoms with van der Waals surface area (Å²) >= 11 is 0. The molecule has 0 heterocycles. The number of aryl methyl sites for hydroxylation is 3.